The fourth-order valence-corrected chi connectivity index (χ4v) is 1.52. The monoisotopic (exact) mass is 276 g/mol. The molecule has 0 fully saturated rings. The fourth-order valence-electron chi connectivity index (χ4n) is 1.30. The summed E-state index contributed by atoms with van der Waals surface area (Å²) in [5.74, 6) is -0.155. The number of furan rings is 1. The van der Waals surface area contributed by atoms with Crippen molar-refractivity contribution < 1.29 is 18.3 Å². The van der Waals surface area contributed by atoms with E-state index in [0.717, 1.165) is 0 Å². The third-order valence-electron chi connectivity index (χ3n) is 2.02. The molecule has 2 nitrogen and oxygen atoms in total. The zero-order chi connectivity index (χ0) is 11.1. The number of aliphatic hydroxyl groups excluding tert-OH is 1. The van der Waals surface area contributed by atoms with Crippen molar-refractivity contribution in [1.82, 2.24) is 0 Å². The van der Waals surface area contributed by atoms with Gasteiger partial charge in [-0.15, -0.1) is 0 Å². The molecule has 15 heavy (non-hydrogen) atoms. The molecule has 1 atom stereocenters. The van der Waals surface area contributed by atoms with Crippen molar-refractivity contribution >= 4 is 26.9 Å². The average molecular weight is 277 g/mol. The minimum Gasteiger partial charge on any atom is -0.458 e. The van der Waals surface area contributed by atoms with Crippen molar-refractivity contribution in [2.75, 3.05) is 0 Å². The van der Waals surface area contributed by atoms with Gasteiger partial charge in [0.2, 0.25) is 0 Å². The van der Waals surface area contributed by atoms with E-state index < -0.39 is 10.9 Å². The summed E-state index contributed by atoms with van der Waals surface area (Å²) >= 11 is 2.09. The molecular weight excluding hydrogens is 270 g/mol. The summed E-state index contributed by atoms with van der Waals surface area (Å²) in [5.41, 5.74) is 0.475. The lowest BCUT2D eigenvalue weighted by atomic mass is 10.2. The van der Waals surface area contributed by atoms with Crippen molar-refractivity contribution in [3.8, 4) is 0 Å². The predicted octanol–water partition coefficient (Wildman–Crippen LogP) is 3.45. The first-order valence-electron chi connectivity index (χ1n) is 4.22. The first-order valence-corrected chi connectivity index (χ1v) is 5.01. The molecule has 1 N–H and O–H groups in total. The summed E-state index contributed by atoms with van der Waals surface area (Å²) in [6, 6.07) is 8.27. The van der Waals surface area contributed by atoms with Crippen molar-refractivity contribution in [3.63, 3.8) is 0 Å². The number of hydrogen-bond donors (Lipinski definition) is 1. The van der Waals surface area contributed by atoms with Crippen LogP contribution < -0.4 is 0 Å². The Morgan fingerprint density at radius 1 is 1.33 bits per heavy atom. The van der Waals surface area contributed by atoms with Crippen LogP contribution in [0.1, 0.15) is 11.9 Å². The second kappa shape index (κ2) is 3.57. The largest absolute Gasteiger partial charge is 0.458 e. The molecule has 0 aliphatic rings. The first-order chi connectivity index (χ1) is 6.98. The third kappa shape index (κ3) is 2.03. The van der Waals surface area contributed by atoms with Gasteiger partial charge in [-0.3, -0.25) is 0 Å². The number of alkyl halides is 3. The molecule has 1 aromatic carbocycles. The van der Waals surface area contributed by atoms with E-state index in [1.54, 1.807) is 24.3 Å². The van der Waals surface area contributed by atoms with Crippen molar-refractivity contribution in [2.24, 2.45) is 0 Å². The highest BCUT2D eigenvalue weighted by Gasteiger charge is 2.38. The Hall–Kier alpha value is -0.940. The minimum atomic E-state index is -3.39. The molecule has 0 saturated heterocycles. The average Bonchev–Trinajstić information content (AvgIpc) is 2.58. The fraction of sp³-hybridized carbons (Fsp3) is 0.200. The number of rotatable bonds is 2. The van der Waals surface area contributed by atoms with Gasteiger partial charge in [0.25, 0.3) is 0 Å². The van der Waals surface area contributed by atoms with E-state index in [-0.39, 0.29) is 5.76 Å². The number of para-hydroxylation sites is 1. The zero-order valence-corrected chi connectivity index (χ0v) is 9.04. The van der Waals surface area contributed by atoms with Crippen LogP contribution >= 0.6 is 15.9 Å². The molecule has 0 radical (unpaired) electrons. The topological polar surface area (TPSA) is 33.4 Å². The highest BCUT2D eigenvalue weighted by atomic mass is 79.9. The minimum absolute atomic E-state index is 0.155. The summed E-state index contributed by atoms with van der Waals surface area (Å²) in [7, 11) is 0. The van der Waals surface area contributed by atoms with Crippen LogP contribution in [-0.4, -0.2) is 9.94 Å². The van der Waals surface area contributed by atoms with E-state index in [2.05, 4.69) is 15.9 Å². The van der Waals surface area contributed by atoms with Crippen LogP contribution in [0.5, 0.6) is 0 Å². The molecule has 2 rings (SSSR count). The third-order valence-corrected chi connectivity index (χ3v) is 2.46. The van der Waals surface area contributed by atoms with Crippen LogP contribution in [0, 0.1) is 0 Å². The Labute approximate surface area is 92.6 Å². The van der Waals surface area contributed by atoms with Crippen LogP contribution in [0.15, 0.2) is 34.7 Å². The Bertz CT molecular complexity index is 442. The van der Waals surface area contributed by atoms with Crippen molar-refractivity contribution in [2.45, 2.75) is 10.9 Å². The van der Waals surface area contributed by atoms with Crippen LogP contribution in [0.2, 0.25) is 0 Å². The Morgan fingerprint density at radius 2 is 2.00 bits per heavy atom. The van der Waals surface area contributed by atoms with Gasteiger partial charge in [0.1, 0.15) is 11.3 Å². The highest BCUT2D eigenvalue weighted by molar-refractivity contribution is 9.10. The molecule has 0 aliphatic carbocycles. The van der Waals surface area contributed by atoms with Gasteiger partial charge in [-0.25, -0.2) is 0 Å². The second-order valence-corrected chi connectivity index (χ2v) is 4.19. The molecule has 80 valence electrons. The van der Waals surface area contributed by atoms with Crippen LogP contribution in [0.3, 0.4) is 0 Å². The van der Waals surface area contributed by atoms with Gasteiger partial charge in [0, 0.05) is 5.39 Å². The maximum Gasteiger partial charge on any atom is 0.333 e. The molecule has 0 saturated carbocycles. The number of aliphatic hydroxyl groups is 1. The van der Waals surface area contributed by atoms with Gasteiger partial charge in [-0.05, 0) is 28.1 Å². The standard InChI is InChI=1S/C10H7BrF2O2/c11-10(12,13)9(14)8-5-6-3-1-2-4-7(6)15-8/h1-5,9,14H. The normalized spacial score (nSPS) is 14.4. The number of fused-ring (bicyclic) bond motifs is 1. The molecule has 1 unspecified atom stereocenters. The Balaban J connectivity index is 2.45. The smallest absolute Gasteiger partial charge is 0.333 e. The molecule has 2 aromatic rings. The predicted molar refractivity (Wildman–Crippen MR) is 55.0 cm³/mol. The summed E-state index contributed by atoms with van der Waals surface area (Å²) in [6.07, 6.45) is -1.98. The summed E-state index contributed by atoms with van der Waals surface area (Å²) in [5, 5.41) is 9.95. The van der Waals surface area contributed by atoms with E-state index >= 15 is 0 Å². The molecule has 1 heterocycles. The van der Waals surface area contributed by atoms with Gasteiger partial charge in [0.15, 0.2) is 6.10 Å². The SMILES string of the molecule is OC(c1cc2ccccc2o1)C(F)(F)Br. The first kappa shape index (κ1) is 10.6. The van der Waals surface area contributed by atoms with Crippen molar-refractivity contribution in [1.29, 1.82) is 0 Å². The Morgan fingerprint density at radius 3 is 2.60 bits per heavy atom. The van der Waals surface area contributed by atoms with Crippen LogP contribution in [-0.2, 0) is 0 Å². The van der Waals surface area contributed by atoms with E-state index in [0.29, 0.717) is 11.0 Å². The van der Waals surface area contributed by atoms with E-state index in [4.69, 9.17) is 4.42 Å². The molecular formula is C10H7BrF2O2. The molecule has 0 spiro atoms. The molecule has 0 aliphatic heterocycles. The van der Waals surface area contributed by atoms with Crippen LogP contribution in [0.25, 0.3) is 11.0 Å². The van der Waals surface area contributed by atoms with E-state index in [9.17, 15) is 13.9 Å². The number of hydrogen-bond acceptors (Lipinski definition) is 2. The molecule has 0 bridgehead atoms. The quantitative estimate of drug-likeness (QED) is 0.853. The van der Waals surface area contributed by atoms with Gasteiger partial charge < -0.3 is 9.52 Å². The molecule has 5 heteroatoms. The maximum atomic E-state index is 12.7. The summed E-state index contributed by atoms with van der Waals surface area (Å²) in [6.45, 7) is 0. The lowest BCUT2D eigenvalue weighted by Gasteiger charge is -2.13. The van der Waals surface area contributed by atoms with Crippen LogP contribution in [0.4, 0.5) is 8.78 Å². The molecule has 0 amide bonds. The van der Waals surface area contributed by atoms with Gasteiger partial charge in [0.05, 0.1) is 0 Å². The van der Waals surface area contributed by atoms with Gasteiger partial charge in [-0.1, -0.05) is 18.2 Å². The number of halogens is 3. The summed E-state index contributed by atoms with van der Waals surface area (Å²) in [4.78, 5) is -3.39. The van der Waals surface area contributed by atoms with Gasteiger partial charge >= 0.3 is 4.83 Å². The Kier molecular flexibility index (Phi) is 2.52. The zero-order valence-electron chi connectivity index (χ0n) is 7.45. The lowest BCUT2D eigenvalue weighted by molar-refractivity contribution is -0.0395. The van der Waals surface area contributed by atoms with Gasteiger partial charge in [-0.2, -0.15) is 8.78 Å². The van der Waals surface area contributed by atoms with Crippen molar-refractivity contribution in [3.05, 3.63) is 36.1 Å². The lowest BCUT2D eigenvalue weighted by Crippen LogP contribution is -2.17. The van der Waals surface area contributed by atoms with E-state index in [1.807, 2.05) is 0 Å². The number of benzene rings is 1. The summed E-state index contributed by atoms with van der Waals surface area (Å²) < 4.78 is 30.6. The molecule has 1 aromatic heterocycles. The van der Waals surface area contributed by atoms with E-state index in [1.165, 1.54) is 6.07 Å². The second-order valence-electron chi connectivity index (χ2n) is 3.13. The maximum absolute atomic E-state index is 12.7. The highest BCUT2D eigenvalue weighted by Crippen LogP contribution is 2.38.